The molecule has 0 unspecified atom stereocenters. The average Bonchev–Trinajstić information content (AvgIpc) is 2.64. The lowest BCUT2D eigenvalue weighted by Crippen LogP contribution is -2.68. The minimum atomic E-state index is -0.243. The van der Waals surface area contributed by atoms with Crippen LogP contribution in [-0.2, 0) is 9.59 Å². The average molecular weight is 387 g/mol. The van der Waals surface area contributed by atoms with Crippen molar-refractivity contribution in [3.05, 3.63) is 41.5 Å². The third-order valence-electron chi connectivity index (χ3n) is 5.42. The Morgan fingerprint density at radius 2 is 1.86 bits per heavy atom. The van der Waals surface area contributed by atoms with Crippen molar-refractivity contribution in [2.45, 2.75) is 59.0 Å². The Hall–Kier alpha value is -2.14. The van der Waals surface area contributed by atoms with Gasteiger partial charge in [-0.2, -0.15) is 0 Å². The lowest BCUT2D eigenvalue weighted by molar-refractivity contribution is -0.152. The first-order valence-corrected chi connectivity index (χ1v) is 10.2. The van der Waals surface area contributed by atoms with E-state index in [2.05, 4.69) is 38.1 Å². The molecule has 28 heavy (non-hydrogen) atoms. The molecule has 5 nitrogen and oxygen atoms in total. The zero-order valence-corrected chi connectivity index (χ0v) is 17.8. The monoisotopic (exact) mass is 386 g/mol. The highest BCUT2D eigenvalue weighted by molar-refractivity contribution is 5.77. The van der Waals surface area contributed by atoms with E-state index in [4.69, 9.17) is 0 Å². The van der Waals surface area contributed by atoms with Crippen molar-refractivity contribution in [1.29, 1.82) is 0 Å². The number of carbonyl (C=O) groups is 2. The number of allylic oxidation sites excluding steroid dienone is 1. The molecule has 1 heterocycles. The lowest BCUT2D eigenvalue weighted by Gasteiger charge is -2.56. The summed E-state index contributed by atoms with van der Waals surface area (Å²) in [6.45, 7) is 10.7. The quantitative estimate of drug-likeness (QED) is 0.746. The first kappa shape index (κ1) is 22.2. The number of benzene rings is 1. The number of likely N-dealkylation sites (tertiary alicyclic amines) is 1. The molecule has 1 aromatic carbocycles. The Morgan fingerprint density at radius 3 is 2.32 bits per heavy atom. The van der Waals surface area contributed by atoms with Gasteiger partial charge in [-0.25, -0.2) is 0 Å². The summed E-state index contributed by atoms with van der Waals surface area (Å²) in [5.74, 6) is 0.424. The fourth-order valence-electron chi connectivity index (χ4n) is 4.25. The molecular formula is C23H34N2O3. The molecule has 1 aliphatic heterocycles. The van der Waals surface area contributed by atoms with Crippen LogP contribution in [0.5, 0.6) is 0 Å². The first-order valence-electron chi connectivity index (χ1n) is 10.2. The molecule has 1 N–H and O–H groups in total. The van der Waals surface area contributed by atoms with Crippen LogP contribution in [-0.4, -0.2) is 58.5 Å². The van der Waals surface area contributed by atoms with Gasteiger partial charge < -0.3 is 14.9 Å². The minimum Gasteiger partial charge on any atom is -0.394 e. The zero-order chi connectivity index (χ0) is 20.8. The van der Waals surface area contributed by atoms with Crippen molar-refractivity contribution < 1.29 is 14.7 Å². The summed E-state index contributed by atoms with van der Waals surface area (Å²) in [6, 6.07) is 7.90. The number of amides is 2. The largest absolute Gasteiger partial charge is 0.394 e. The molecule has 1 fully saturated rings. The fourth-order valence-corrected chi connectivity index (χ4v) is 4.25. The van der Waals surface area contributed by atoms with Crippen LogP contribution >= 0.6 is 0 Å². The smallest absolute Gasteiger partial charge is 0.222 e. The van der Waals surface area contributed by atoms with Crippen molar-refractivity contribution >= 4 is 17.9 Å². The van der Waals surface area contributed by atoms with Crippen LogP contribution in [0.15, 0.2) is 30.3 Å². The lowest BCUT2D eigenvalue weighted by atomic mass is 9.74. The van der Waals surface area contributed by atoms with E-state index in [1.54, 1.807) is 4.90 Å². The van der Waals surface area contributed by atoms with E-state index in [9.17, 15) is 14.7 Å². The van der Waals surface area contributed by atoms with Gasteiger partial charge in [-0.3, -0.25) is 9.59 Å². The normalized spacial score (nSPS) is 21.8. The molecule has 0 spiro atoms. The molecule has 0 aliphatic carbocycles. The standard InChI is InChI=1S/C23H34N2O3/c1-6-8-18-9-11-19(12-10-18)23-20(25(17(5)27)21(23)15-26)14-24(13-16(3)4)22(28)7-2/h6,8-12,16,20-21,23,26H,7,13-15H2,1-5H3/b8-6+/t20-,21-,23-/m1/s1. The third-order valence-corrected chi connectivity index (χ3v) is 5.42. The molecule has 0 radical (unpaired) electrons. The van der Waals surface area contributed by atoms with Crippen LogP contribution in [0.3, 0.4) is 0 Å². The van der Waals surface area contributed by atoms with Gasteiger partial charge in [-0.15, -0.1) is 0 Å². The molecule has 2 amide bonds. The molecule has 5 heteroatoms. The predicted octanol–water partition coefficient (Wildman–Crippen LogP) is 3.29. The van der Waals surface area contributed by atoms with Crippen LogP contribution in [0.2, 0.25) is 0 Å². The third kappa shape index (κ3) is 4.82. The van der Waals surface area contributed by atoms with Gasteiger partial charge in [0.05, 0.1) is 18.7 Å². The van der Waals surface area contributed by atoms with Crippen molar-refractivity contribution in [3.8, 4) is 0 Å². The number of hydrogen-bond acceptors (Lipinski definition) is 3. The van der Waals surface area contributed by atoms with Gasteiger partial charge in [0.25, 0.3) is 0 Å². The zero-order valence-electron chi connectivity index (χ0n) is 17.8. The maximum absolute atomic E-state index is 12.5. The van der Waals surface area contributed by atoms with Gasteiger partial charge >= 0.3 is 0 Å². The summed E-state index contributed by atoms with van der Waals surface area (Å²) in [5, 5.41) is 9.94. The van der Waals surface area contributed by atoms with E-state index < -0.39 is 0 Å². The fraction of sp³-hybridized carbons (Fsp3) is 0.565. The topological polar surface area (TPSA) is 60.9 Å². The molecule has 2 rings (SSSR count). The Bertz CT molecular complexity index is 696. The number of aliphatic hydroxyl groups is 1. The van der Waals surface area contributed by atoms with Gasteiger partial charge in [-0.05, 0) is 24.0 Å². The van der Waals surface area contributed by atoms with E-state index in [0.717, 1.165) is 11.1 Å². The highest BCUT2D eigenvalue weighted by atomic mass is 16.3. The molecule has 3 atom stereocenters. The Kier molecular flexibility index (Phi) is 7.81. The number of carbonyl (C=O) groups excluding carboxylic acids is 2. The molecular weight excluding hydrogens is 352 g/mol. The highest BCUT2D eigenvalue weighted by Gasteiger charge is 2.50. The minimum absolute atomic E-state index is 0.0212. The molecule has 1 aromatic rings. The van der Waals surface area contributed by atoms with E-state index >= 15 is 0 Å². The van der Waals surface area contributed by atoms with E-state index in [1.807, 2.05) is 30.9 Å². The summed E-state index contributed by atoms with van der Waals surface area (Å²) < 4.78 is 0. The predicted molar refractivity (Wildman–Crippen MR) is 113 cm³/mol. The number of hydrogen-bond donors (Lipinski definition) is 1. The van der Waals surface area contributed by atoms with E-state index in [-0.39, 0.29) is 36.4 Å². The Labute approximate surface area is 169 Å². The van der Waals surface area contributed by atoms with Gasteiger partial charge in [0.15, 0.2) is 0 Å². The van der Waals surface area contributed by atoms with Crippen LogP contribution in [0.4, 0.5) is 0 Å². The summed E-state index contributed by atoms with van der Waals surface area (Å²) in [5.41, 5.74) is 2.22. The maximum atomic E-state index is 12.5. The number of rotatable bonds is 8. The molecule has 1 aliphatic rings. The summed E-state index contributed by atoms with van der Waals surface area (Å²) >= 11 is 0. The molecule has 1 saturated heterocycles. The van der Waals surface area contributed by atoms with Crippen molar-refractivity contribution in [1.82, 2.24) is 9.80 Å². The van der Waals surface area contributed by atoms with Gasteiger partial charge in [-0.1, -0.05) is 57.2 Å². The second-order valence-corrected chi connectivity index (χ2v) is 7.98. The van der Waals surface area contributed by atoms with Crippen LogP contribution in [0.25, 0.3) is 6.08 Å². The van der Waals surface area contributed by atoms with Crippen molar-refractivity contribution in [3.63, 3.8) is 0 Å². The number of aliphatic hydroxyl groups excluding tert-OH is 1. The Balaban J connectivity index is 2.32. The summed E-state index contributed by atoms with van der Waals surface area (Å²) in [7, 11) is 0. The SMILES string of the molecule is C/C=C/c1ccc([C@H]2[C@@H](CO)N(C(C)=O)[C@@H]2CN(CC(C)C)C(=O)CC)cc1. The van der Waals surface area contributed by atoms with Gasteiger partial charge in [0.1, 0.15) is 0 Å². The first-order chi connectivity index (χ1) is 13.3. The maximum Gasteiger partial charge on any atom is 0.222 e. The number of nitrogens with zero attached hydrogens (tertiary/aromatic N) is 2. The molecule has 154 valence electrons. The summed E-state index contributed by atoms with van der Waals surface area (Å²) in [6.07, 6.45) is 4.48. The van der Waals surface area contributed by atoms with Crippen molar-refractivity contribution in [2.75, 3.05) is 19.7 Å². The molecule has 0 aromatic heterocycles. The van der Waals surface area contributed by atoms with E-state index in [1.165, 1.54) is 6.92 Å². The van der Waals surface area contributed by atoms with Crippen LogP contribution in [0.1, 0.15) is 58.1 Å². The van der Waals surface area contributed by atoms with Crippen molar-refractivity contribution in [2.24, 2.45) is 5.92 Å². The Morgan fingerprint density at radius 1 is 1.21 bits per heavy atom. The summed E-state index contributed by atoms with van der Waals surface area (Å²) in [4.78, 5) is 28.4. The van der Waals surface area contributed by atoms with Crippen LogP contribution < -0.4 is 0 Å². The molecule has 0 saturated carbocycles. The van der Waals surface area contributed by atoms with E-state index in [0.29, 0.717) is 25.4 Å². The second kappa shape index (κ2) is 9.87. The molecule has 0 bridgehead atoms. The van der Waals surface area contributed by atoms with Gasteiger partial charge in [0.2, 0.25) is 11.8 Å². The second-order valence-electron chi connectivity index (χ2n) is 7.98. The van der Waals surface area contributed by atoms with Crippen LogP contribution in [0, 0.1) is 5.92 Å². The van der Waals surface area contributed by atoms with Gasteiger partial charge in [0, 0.05) is 32.4 Å². The highest BCUT2D eigenvalue weighted by Crippen LogP contribution is 2.41.